The normalized spacial score (nSPS) is 13.5. The van der Waals surface area contributed by atoms with E-state index in [1.165, 1.54) is 31.7 Å². The molecule has 0 spiro atoms. The minimum Gasteiger partial charge on any atom is -0.423 e. The molecule has 0 amide bonds. The third kappa shape index (κ3) is 6.30. The predicted molar refractivity (Wildman–Crippen MR) is 49.0 cm³/mol. The molecule has 0 aromatic carbocycles. The van der Waals surface area contributed by atoms with E-state index in [0.717, 1.165) is 0 Å². The SMILES string of the molecule is CCCCCC[SiH](C)OC. The fraction of sp³-hybridized carbons (Fsp3) is 1.00. The molecule has 1 unspecified atom stereocenters. The van der Waals surface area contributed by atoms with Crippen LogP contribution in [0.2, 0.25) is 12.6 Å². The maximum atomic E-state index is 5.27. The fourth-order valence-corrected chi connectivity index (χ4v) is 2.08. The van der Waals surface area contributed by atoms with Gasteiger partial charge in [0.2, 0.25) is 0 Å². The average molecular weight is 160 g/mol. The van der Waals surface area contributed by atoms with Crippen LogP contribution in [0.25, 0.3) is 0 Å². The van der Waals surface area contributed by atoms with Crippen LogP contribution in [0, 0.1) is 0 Å². The van der Waals surface area contributed by atoms with Crippen LogP contribution in [0.1, 0.15) is 32.6 Å². The molecule has 0 aliphatic heterocycles. The van der Waals surface area contributed by atoms with Gasteiger partial charge in [0.15, 0.2) is 9.04 Å². The Labute approximate surface area is 66.5 Å². The highest BCUT2D eigenvalue weighted by molar-refractivity contribution is 6.50. The van der Waals surface area contributed by atoms with Crippen molar-refractivity contribution in [3.05, 3.63) is 0 Å². The van der Waals surface area contributed by atoms with Gasteiger partial charge in [-0.3, -0.25) is 0 Å². The van der Waals surface area contributed by atoms with Crippen molar-refractivity contribution >= 4 is 9.04 Å². The standard InChI is InChI=1S/C8H20OSi/c1-4-5-6-7-8-10(3)9-2/h10H,4-8H2,1-3H3. The molecule has 0 heterocycles. The van der Waals surface area contributed by atoms with Gasteiger partial charge < -0.3 is 4.43 Å². The lowest BCUT2D eigenvalue weighted by atomic mass is 10.2. The van der Waals surface area contributed by atoms with E-state index in [0.29, 0.717) is 0 Å². The van der Waals surface area contributed by atoms with Crippen LogP contribution in [0.15, 0.2) is 0 Å². The molecule has 0 saturated carbocycles. The Hall–Kier alpha value is 0.177. The van der Waals surface area contributed by atoms with Crippen molar-refractivity contribution in [2.75, 3.05) is 7.11 Å². The van der Waals surface area contributed by atoms with E-state index in [2.05, 4.69) is 13.5 Å². The van der Waals surface area contributed by atoms with E-state index in [9.17, 15) is 0 Å². The van der Waals surface area contributed by atoms with Crippen molar-refractivity contribution in [3.63, 3.8) is 0 Å². The summed E-state index contributed by atoms with van der Waals surface area (Å²) in [7, 11) is 1.12. The highest BCUT2D eigenvalue weighted by Crippen LogP contribution is 2.05. The first-order valence-electron chi connectivity index (χ1n) is 4.34. The Morgan fingerprint density at radius 3 is 2.40 bits per heavy atom. The first-order valence-corrected chi connectivity index (χ1v) is 6.78. The smallest absolute Gasteiger partial charge is 0.173 e. The topological polar surface area (TPSA) is 9.23 Å². The molecule has 0 bridgehead atoms. The monoisotopic (exact) mass is 160 g/mol. The van der Waals surface area contributed by atoms with Crippen LogP contribution in [-0.2, 0) is 4.43 Å². The van der Waals surface area contributed by atoms with Crippen LogP contribution in [0.5, 0.6) is 0 Å². The first-order chi connectivity index (χ1) is 4.81. The maximum absolute atomic E-state index is 5.27. The lowest BCUT2D eigenvalue weighted by Gasteiger charge is -2.05. The van der Waals surface area contributed by atoms with E-state index in [4.69, 9.17) is 4.43 Å². The second-order valence-corrected chi connectivity index (χ2v) is 5.57. The summed E-state index contributed by atoms with van der Waals surface area (Å²) in [5, 5.41) is 0. The Morgan fingerprint density at radius 2 is 1.90 bits per heavy atom. The fourth-order valence-electron chi connectivity index (χ4n) is 0.976. The summed E-state index contributed by atoms with van der Waals surface area (Å²) in [4.78, 5) is 0. The van der Waals surface area contributed by atoms with Crippen molar-refractivity contribution in [2.24, 2.45) is 0 Å². The van der Waals surface area contributed by atoms with Gasteiger partial charge in [-0.05, 0) is 12.6 Å². The summed E-state index contributed by atoms with van der Waals surface area (Å²) >= 11 is 0. The van der Waals surface area contributed by atoms with Gasteiger partial charge in [0.05, 0.1) is 0 Å². The molecule has 62 valence electrons. The van der Waals surface area contributed by atoms with E-state index in [-0.39, 0.29) is 0 Å². The van der Waals surface area contributed by atoms with E-state index in [1.54, 1.807) is 0 Å². The Morgan fingerprint density at radius 1 is 1.20 bits per heavy atom. The average Bonchev–Trinajstić information content (AvgIpc) is 1.98. The third-order valence-electron chi connectivity index (χ3n) is 1.87. The van der Waals surface area contributed by atoms with E-state index < -0.39 is 9.04 Å². The quantitative estimate of drug-likeness (QED) is 0.428. The molecule has 0 aromatic heterocycles. The highest BCUT2D eigenvalue weighted by atomic mass is 28.3. The van der Waals surface area contributed by atoms with Gasteiger partial charge in [-0.15, -0.1) is 0 Å². The van der Waals surface area contributed by atoms with Gasteiger partial charge in [0.1, 0.15) is 0 Å². The van der Waals surface area contributed by atoms with E-state index in [1.807, 2.05) is 7.11 Å². The summed E-state index contributed by atoms with van der Waals surface area (Å²) in [6, 6.07) is 1.36. The molecule has 0 saturated heterocycles. The number of hydrogen-bond acceptors (Lipinski definition) is 1. The molecule has 1 atom stereocenters. The number of hydrogen-bond donors (Lipinski definition) is 0. The molecule has 0 rings (SSSR count). The Balaban J connectivity index is 2.89. The molecule has 0 fully saturated rings. The molecule has 10 heavy (non-hydrogen) atoms. The third-order valence-corrected chi connectivity index (χ3v) is 3.89. The molecule has 2 heteroatoms. The largest absolute Gasteiger partial charge is 0.423 e. The minimum absolute atomic E-state index is 0.724. The zero-order valence-electron chi connectivity index (χ0n) is 7.52. The molecule has 0 aliphatic carbocycles. The molecular formula is C8H20OSi. The van der Waals surface area contributed by atoms with E-state index >= 15 is 0 Å². The van der Waals surface area contributed by atoms with Crippen LogP contribution in [0.4, 0.5) is 0 Å². The summed E-state index contributed by atoms with van der Waals surface area (Å²) in [6.07, 6.45) is 5.51. The van der Waals surface area contributed by atoms with Gasteiger partial charge in [-0.1, -0.05) is 32.6 Å². The van der Waals surface area contributed by atoms with Gasteiger partial charge in [0, 0.05) is 7.11 Å². The lowest BCUT2D eigenvalue weighted by Crippen LogP contribution is -2.08. The predicted octanol–water partition coefficient (Wildman–Crippen LogP) is 2.57. The second kappa shape index (κ2) is 7.29. The molecule has 0 aromatic rings. The van der Waals surface area contributed by atoms with Crippen LogP contribution in [0.3, 0.4) is 0 Å². The number of rotatable bonds is 6. The molecule has 0 radical (unpaired) electrons. The van der Waals surface area contributed by atoms with Gasteiger partial charge >= 0.3 is 0 Å². The Kier molecular flexibility index (Phi) is 7.41. The summed E-state index contributed by atoms with van der Waals surface area (Å²) in [6.45, 7) is 4.52. The second-order valence-electron chi connectivity index (χ2n) is 2.90. The zero-order chi connectivity index (χ0) is 7.82. The Bertz CT molecular complexity index is 66.3. The van der Waals surface area contributed by atoms with Gasteiger partial charge in [0.25, 0.3) is 0 Å². The van der Waals surface area contributed by atoms with Crippen molar-refractivity contribution in [1.82, 2.24) is 0 Å². The first kappa shape index (κ1) is 10.2. The number of unbranched alkanes of at least 4 members (excludes halogenated alkanes) is 3. The van der Waals surface area contributed by atoms with Crippen molar-refractivity contribution in [1.29, 1.82) is 0 Å². The summed E-state index contributed by atoms with van der Waals surface area (Å²) in [5.74, 6) is 0. The van der Waals surface area contributed by atoms with Crippen LogP contribution < -0.4 is 0 Å². The van der Waals surface area contributed by atoms with Crippen molar-refractivity contribution < 1.29 is 4.43 Å². The van der Waals surface area contributed by atoms with Gasteiger partial charge in [-0.25, -0.2) is 0 Å². The molecule has 1 nitrogen and oxygen atoms in total. The molecule has 0 aliphatic rings. The van der Waals surface area contributed by atoms with Gasteiger partial charge in [-0.2, -0.15) is 0 Å². The summed E-state index contributed by atoms with van der Waals surface area (Å²) < 4.78 is 5.27. The van der Waals surface area contributed by atoms with Crippen molar-refractivity contribution in [3.8, 4) is 0 Å². The van der Waals surface area contributed by atoms with Crippen molar-refractivity contribution in [2.45, 2.75) is 45.2 Å². The maximum Gasteiger partial charge on any atom is 0.173 e. The highest BCUT2D eigenvalue weighted by Gasteiger charge is 1.99. The molecular weight excluding hydrogens is 140 g/mol. The lowest BCUT2D eigenvalue weighted by molar-refractivity contribution is 0.421. The minimum atomic E-state index is -0.724. The molecule has 0 N–H and O–H groups in total. The van der Waals surface area contributed by atoms with Crippen LogP contribution in [-0.4, -0.2) is 16.2 Å². The summed E-state index contributed by atoms with van der Waals surface area (Å²) in [5.41, 5.74) is 0. The zero-order valence-corrected chi connectivity index (χ0v) is 8.68. The van der Waals surface area contributed by atoms with Crippen LogP contribution >= 0.6 is 0 Å².